The second kappa shape index (κ2) is 8.26. The zero-order chi connectivity index (χ0) is 20.3. The van der Waals surface area contributed by atoms with Gasteiger partial charge in [-0.25, -0.2) is 17.2 Å². The van der Waals surface area contributed by atoms with E-state index in [1.807, 2.05) is 6.92 Å². The molecule has 0 atom stereocenters. The SMILES string of the molecule is Cc1ccc(S(=O)(=O)CCC(=O)Nc2cc(F)c(N3CCCC3)c(F)c2)cc1. The summed E-state index contributed by atoms with van der Waals surface area (Å²) in [6.45, 7) is 3.03. The van der Waals surface area contributed by atoms with E-state index in [2.05, 4.69) is 5.32 Å². The fourth-order valence-electron chi connectivity index (χ4n) is 3.19. The van der Waals surface area contributed by atoms with E-state index in [1.165, 1.54) is 12.1 Å². The lowest BCUT2D eigenvalue weighted by Gasteiger charge is -2.19. The van der Waals surface area contributed by atoms with Crippen molar-refractivity contribution in [2.45, 2.75) is 31.1 Å². The Morgan fingerprint density at radius 3 is 2.21 bits per heavy atom. The van der Waals surface area contributed by atoms with Crippen LogP contribution in [0, 0.1) is 18.6 Å². The average Bonchev–Trinajstić information content (AvgIpc) is 3.14. The normalized spacial score (nSPS) is 14.3. The summed E-state index contributed by atoms with van der Waals surface area (Å²) in [6, 6.07) is 8.46. The van der Waals surface area contributed by atoms with Crippen molar-refractivity contribution in [2.24, 2.45) is 0 Å². The van der Waals surface area contributed by atoms with Gasteiger partial charge in [-0.15, -0.1) is 0 Å². The number of halogens is 2. The molecule has 0 radical (unpaired) electrons. The van der Waals surface area contributed by atoms with Gasteiger partial charge in [-0.1, -0.05) is 17.7 Å². The van der Waals surface area contributed by atoms with E-state index in [1.54, 1.807) is 17.0 Å². The van der Waals surface area contributed by atoms with E-state index in [9.17, 15) is 22.0 Å². The predicted octanol–water partition coefficient (Wildman–Crippen LogP) is 3.68. The van der Waals surface area contributed by atoms with Crippen LogP contribution in [-0.2, 0) is 14.6 Å². The van der Waals surface area contributed by atoms with Crippen LogP contribution in [-0.4, -0.2) is 33.2 Å². The summed E-state index contributed by atoms with van der Waals surface area (Å²) in [6.07, 6.45) is 1.45. The maximum absolute atomic E-state index is 14.3. The van der Waals surface area contributed by atoms with Crippen LogP contribution >= 0.6 is 0 Å². The molecular formula is C20H22F2N2O3S. The number of amides is 1. The summed E-state index contributed by atoms with van der Waals surface area (Å²) >= 11 is 0. The van der Waals surface area contributed by atoms with Crippen LogP contribution < -0.4 is 10.2 Å². The molecule has 28 heavy (non-hydrogen) atoms. The molecule has 0 unspecified atom stereocenters. The molecule has 8 heteroatoms. The highest BCUT2D eigenvalue weighted by molar-refractivity contribution is 7.91. The van der Waals surface area contributed by atoms with Crippen LogP contribution in [0.25, 0.3) is 0 Å². The number of nitrogens with one attached hydrogen (secondary N) is 1. The monoisotopic (exact) mass is 408 g/mol. The van der Waals surface area contributed by atoms with Crippen LogP contribution in [0.3, 0.4) is 0 Å². The standard InChI is InChI=1S/C20H22F2N2O3S/c1-14-4-6-16(7-5-14)28(26,27)11-8-19(25)23-15-12-17(21)20(18(22)13-15)24-9-2-3-10-24/h4-7,12-13H,2-3,8-11H2,1H3,(H,23,25). The Hall–Kier alpha value is -2.48. The van der Waals surface area contributed by atoms with Crippen LogP contribution in [0.5, 0.6) is 0 Å². The van der Waals surface area contributed by atoms with E-state index in [0.29, 0.717) is 13.1 Å². The van der Waals surface area contributed by atoms with Gasteiger partial charge in [-0.3, -0.25) is 4.79 Å². The summed E-state index contributed by atoms with van der Waals surface area (Å²) in [4.78, 5) is 13.9. The molecule has 0 aromatic heterocycles. The highest BCUT2D eigenvalue weighted by atomic mass is 32.2. The van der Waals surface area contributed by atoms with Gasteiger partial charge in [0.15, 0.2) is 21.5 Å². The Morgan fingerprint density at radius 1 is 1.07 bits per heavy atom. The Morgan fingerprint density at radius 2 is 1.64 bits per heavy atom. The molecule has 0 saturated carbocycles. The molecule has 150 valence electrons. The fourth-order valence-corrected chi connectivity index (χ4v) is 4.44. The molecule has 1 aliphatic rings. The Kier molecular flexibility index (Phi) is 5.98. The van der Waals surface area contributed by atoms with Gasteiger partial charge >= 0.3 is 0 Å². The first-order valence-corrected chi connectivity index (χ1v) is 10.7. The third-order valence-corrected chi connectivity index (χ3v) is 6.43. The highest BCUT2D eigenvalue weighted by Gasteiger charge is 2.22. The summed E-state index contributed by atoms with van der Waals surface area (Å²) in [7, 11) is -3.61. The summed E-state index contributed by atoms with van der Waals surface area (Å²) in [5.74, 6) is -2.50. The molecule has 1 heterocycles. The van der Waals surface area contributed by atoms with Crippen LogP contribution in [0.15, 0.2) is 41.3 Å². The molecule has 1 N–H and O–H groups in total. The second-order valence-corrected chi connectivity index (χ2v) is 9.02. The van der Waals surface area contributed by atoms with Gasteiger partial charge in [0.05, 0.1) is 10.6 Å². The third-order valence-electron chi connectivity index (χ3n) is 4.70. The quantitative estimate of drug-likeness (QED) is 0.792. The number of hydrogen-bond acceptors (Lipinski definition) is 4. The number of rotatable bonds is 6. The lowest BCUT2D eigenvalue weighted by molar-refractivity contribution is -0.115. The maximum Gasteiger partial charge on any atom is 0.225 e. The highest BCUT2D eigenvalue weighted by Crippen LogP contribution is 2.29. The minimum absolute atomic E-state index is 0.0318. The van der Waals surface area contributed by atoms with Crippen LogP contribution in [0.1, 0.15) is 24.8 Å². The van der Waals surface area contributed by atoms with Crippen LogP contribution in [0.2, 0.25) is 0 Å². The van der Waals surface area contributed by atoms with Crippen molar-refractivity contribution in [3.63, 3.8) is 0 Å². The molecule has 1 aliphatic heterocycles. The zero-order valence-electron chi connectivity index (χ0n) is 15.5. The van der Waals surface area contributed by atoms with Gasteiger partial charge in [-0.2, -0.15) is 0 Å². The number of carbonyl (C=O) groups is 1. The molecule has 2 aromatic carbocycles. The van der Waals surface area contributed by atoms with Gasteiger partial charge < -0.3 is 10.2 Å². The van der Waals surface area contributed by atoms with Gasteiger partial charge in [0.1, 0.15) is 5.69 Å². The van der Waals surface area contributed by atoms with E-state index >= 15 is 0 Å². The van der Waals surface area contributed by atoms with Crippen molar-refractivity contribution in [1.29, 1.82) is 0 Å². The average molecular weight is 408 g/mol. The Bertz CT molecular complexity index is 946. The molecule has 1 amide bonds. The largest absolute Gasteiger partial charge is 0.367 e. The van der Waals surface area contributed by atoms with Crippen molar-refractivity contribution in [3.05, 3.63) is 53.6 Å². The molecule has 0 spiro atoms. The number of nitrogens with zero attached hydrogens (tertiary/aromatic N) is 1. The van der Waals surface area contributed by atoms with E-state index < -0.39 is 33.1 Å². The fraction of sp³-hybridized carbons (Fsp3) is 0.350. The number of anilines is 2. The molecule has 2 aromatic rings. The zero-order valence-corrected chi connectivity index (χ0v) is 16.4. The van der Waals surface area contributed by atoms with Crippen molar-refractivity contribution in [2.75, 3.05) is 29.1 Å². The second-order valence-electron chi connectivity index (χ2n) is 6.91. The summed E-state index contributed by atoms with van der Waals surface area (Å²) in [5, 5.41) is 2.37. The molecule has 0 bridgehead atoms. The maximum atomic E-state index is 14.3. The number of carbonyl (C=O) groups excluding carboxylic acids is 1. The number of hydrogen-bond donors (Lipinski definition) is 1. The minimum atomic E-state index is -3.61. The van der Waals surface area contributed by atoms with Gasteiger partial charge in [0, 0.05) is 25.2 Å². The van der Waals surface area contributed by atoms with E-state index in [-0.39, 0.29) is 22.7 Å². The van der Waals surface area contributed by atoms with Crippen molar-refractivity contribution >= 4 is 27.1 Å². The van der Waals surface area contributed by atoms with E-state index in [0.717, 1.165) is 30.5 Å². The number of benzene rings is 2. The van der Waals surface area contributed by atoms with Gasteiger partial charge in [0.2, 0.25) is 5.91 Å². The molecule has 1 saturated heterocycles. The lowest BCUT2D eigenvalue weighted by atomic mass is 10.2. The topological polar surface area (TPSA) is 66.5 Å². The smallest absolute Gasteiger partial charge is 0.225 e. The van der Waals surface area contributed by atoms with E-state index in [4.69, 9.17) is 0 Å². The molecule has 1 fully saturated rings. The molecule has 0 aliphatic carbocycles. The van der Waals surface area contributed by atoms with Crippen molar-refractivity contribution in [1.82, 2.24) is 0 Å². The third kappa shape index (κ3) is 4.67. The lowest BCUT2D eigenvalue weighted by Crippen LogP contribution is -2.21. The van der Waals surface area contributed by atoms with Gasteiger partial charge in [0.25, 0.3) is 0 Å². The number of aryl methyl sites for hydroxylation is 1. The minimum Gasteiger partial charge on any atom is -0.367 e. The first-order valence-electron chi connectivity index (χ1n) is 9.09. The number of sulfone groups is 1. The van der Waals surface area contributed by atoms with Crippen molar-refractivity contribution < 1.29 is 22.0 Å². The predicted molar refractivity (Wildman–Crippen MR) is 104 cm³/mol. The Balaban J connectivity index is 1.64. The Labute approximate surface area is 163 Å². The molecule has 5 nitrogen and oxygen atoms in total. The first-order chi connectivity index (χ1) is 13.3. The molecular weight excluding hydrogens is 386 g/mol. The van der Waals surface area contributed by atoms with Gasteiger partial charge in [-0.05, 0) is 44.0 Å². The first kappa shape index (κ1) is 20.3. The van der Waals surface area contributed by atoms with Crippen LogP contribution in [0.4, 0.5) is 20.2 Å². The summed E-state index contributed by atoms with van der Waals surface area (Å²) < 4.78 is 53.2. The molecule has 3 rings (SSSR count). The summed E-state index contributed by atoms with van der Waals surface area (Å²) in [5.41, 5.74) is 0.811. The van der Waals surface area contributed by atoms with Crippen molar-refractivity contribution in [3.8, 4) is 0 Å².